The standard InChI is InChI=1S/C14H15ClN2O3S/c15-10-3-1-9(2-4-10)12-7-17-13(20-12)8-21-6-5-11(16)14(18)19/h1-4,7,11H,5-6,8,16H2,(H,18,19). The summed E-state index contributed by atoms with van der Waals surface area (Å²) in [6.45, 7) is 0. The fraction of sp³-hybridized carbons (Fsp3) is 0.286. The second-order valence-corrected chi connectivity index (χ2v) is 5.95. The van der Waals surface area contributed by atoms with Crippen molar-refractivity contribution in [1.82, 2.24) is 4.98 Å². The van der Waals surface area contributed by atoms with Crippen molar-refractivity contribution < 1.29 is 14.3 Å². The van der Waals surface area contributed by atoms with Gasteiger partial charge < -0.3 is 15.3 Å². The van der Waals surface area contributed by atoms with Crippen molar-refractivity contribution in [3.05, 3.63) is 41.4 Å². The summed E-state index contributed by atoms with van der Waals surface area (Å²) in [6.07, 6.45) is 2.09. The van der Waals surface area contributed by atoms with Crippen molar-refractivity contribution in [1.29, 1.82) is 0 Å². The first-order valence-corrected chi connectivity index (χ1v) is 7.86. The van der Waals surface area contributed by atoms with Gasteiger partial charge in [0.15, 0.2) is 5.76 Å². The molecule has 7 heteroatoms. The Balaban J connectivity index is 1.83. The van der Waals surface area contributed by atoms with E-state index in [1.807, 2.05) is 12.1 Å². The lowest BCUT2D eigenvalue weighted by molar-refractivity contribution is -0.138. The molecule has 2 rings (SSSR count). The molecule has 0 radical (unpaired) electrons. The predicted molar refractivity (Wildman–Crippen MR) is 83.3 cm³/mol. The molecule has 0 saturated carbocycles. The maximum Gasteiger partial charge on any atom is 0.320 e. The summed E-state index contributed by atoms with van der Waals surface area (Å²) in [5.41, 5.74) is 6.34. The largest absolute Gasteiger partial charge is 0.480 e. The molecule has 0 aliphatic heterocycles. The number of benzene rings is 1. The van der Waals surface area contributed by atoms with E-state index in [-0.39, 0.29) is 0 Å². The molecule has 1 aromatic heterocycles. The molecule has 0 amide bonds. The number of oxazole rings is 1. The van der Waals surface area contributed by atoms with E-state index in [4.69, 9.17) is 26.9 Å². The van der Waals surface area contributed by atoms with Crippen molar-refractivity contribution in [3.63, 3.8) is 0 Å². The number of aromatic nitrogens is 1. The number of thioether (sulfide) groups is 1. The van der Waals surface area contributed by atoms with E-state index in [0.29, 0.717) is 34.6 Å². The molecule has 3 N–H and O–H groups in total. The molecule has 0 spiro atoms. The van der Waals surface area contributed by atoms with Crippen LogP contribution in [0.5, 0.6) is 0 Å². The van der Waals surface area contributed by atoms with Crippen LogP contribution >= 0.6 is 23.4 Å². The highest BCUT2D eigenvalue weighted by molar-refractivity contribution is 7.98. The first-order chi connectivity index (χ1) is 10.1. The van der Waals surface area contributed by atoms with Crippen LogP contribution in [0, 0.1) is 0 Å². The fourth-order valence-corrected chi connectivity index (χ4v) is 2.62. The monoisotopic (exact) mass is 326 g/mol. The molecule has 0 bridgehead atoms. The zero-order chi connectivity index (χ0) is 15.2. The number of carboxylic acid groups (broad SMARTS) is 1. The van der Waals surface area contributed by atoms with Crippen LogP contribution < -0.4 is 5.73 Å². The summed E-state index contributed by atoms with van der Waals surface area (Å²) in [6, 6.07) is 6.51. The average Bonchev–Trinajstić information content (AvgIpc) is 2.93. The van der Waals surface area contributed by atoms with Gasteiger partial charge in [0.25, 0.3) is 0 Å². The maximum absolute atomic E-state index is 10.6. The van der Waals surface area contributed by atoms with Gasteiger partial charge in [0.05, 0.1) is 11.9 Å². The SMILES string of the molecule is NC(CCSCc1ncc(-c2ccc(Cl)cc2)o1)C(=O)O. The number of halogens is 1. The lowest BCUT2D eigenvalue weighted by atomic mass is 10.2. The van der Waals surface area contributed by atoms with Crippen molar-refractivity contribution in [2.75, 3.05) is 5.75 Å². The Hall–Kier alpha value is -1.50. The van der Waals surface area contributed by atoms with Gasteiger partial charge in [-0.3, -0.25) is 4.79 Å². The minimum atomic E-state index is -0.975. The van der Waals surface area contributed by atoms with Crippen LogP contribution in [0.15, 0.2) is 34.9 Å². The van der Waals surface area contributed by atoms with Crippen molar-refractivity contribution in [2.45, 2.75) is 18.2 Å². The Labute approximate surface area is 131 Å². The lowest BCUT2D eigenvalue weighted by Gasteiger charge is -2.04. The summed E-state index contributed by atoms with van der Waals surface area (Å²) in [5, 5.41) is 9.34. The lowest BCUT2D eigenvalue weighted by Crippen LogP contribution is -2.30. The van der Waals surface area contributed by atoms with Gasteiger partial charge >= 0.3 is 5.97 Å². The van der Waals surface area contributed by atoms with Crippen molar-refractivity contribution >= 4 is 29.3 Å². The number of aliphatic carboxylic acids is 1. The third-order valence-corrected chi connectivity index (χ3v) is 4.03. The number of nitrogens with two attached hydrogens (primary N) is 1. The number of carbonyl (C=O) groups is 1. The second-order valence-electron chi connectivity index (χ2n) is 4.41. The zero-order valence-electron chi connectivity index (χ0n) is 11.2. The van der Waals surface area contributed by atoms with E-state index in [1.54, 1.807) is 30.1 Å². The molecule has 1 atom stereocenters. The normalized spacial score (nSPS) is 12.3. The van der Waals surface area contributed by atoms with Gasteiger partial charge in [0.2, 0.25) is 5.89 Å². The summed E-state index contributed by atoms with van der Waals surface area (Å²) >= 11 is 7.38. The Morgan fingerprint density at radius 2 is 2.14 bits per heavy atom. The van der Waals surface area contributed by atoms with E-state index < -0.39 is 12.0 Å². The van der Waals surface area contributed by atoms with E-state index in [9.17, 15) is 4.79 Å². The smallest absolute Gasteiger partial charge is 0.320 e. The molecule has 0 saturated heterocycles. The van der Waals surface area contributed by atoms with E-state index in [0.717, 1.165) is 5.56 Å². The Morgan fingerprint density at radius 1 is 1.43 bits per heavy atom. The Morgan fingerprint density at radius 3 is 2.81 bits per heavy atom. The Bertz CT molecular complexity index is 601. The van der Waals surface area contributed by atoms with Gasteiger partial charge in [0.1, 0.15) is 6.04 Å². The van der Waals surface area contributed by atoms with Gasteiger partial charge in [-0.05, 0) is 36.4 Å². The molecule has 1 unspecified atom stereocenters. The highest BCUT2D eigenvalue weighted by Gasteiger charge is 2.11. The maximum atomic E-state index is 10.6. The molecular weight excluding hydrogens is 312 g/mol. The van der Waals surface area contributed by atoms with E-state index in [1.165, 1.54) is 0 Å². The van der Waals surface area contributed by atoms with Crippen LogP contribution in [-0.4, -0.2) is 27.9 Å². The molecule has 2 aromatic rings. The molecule has 5 nitrogen and oxygen atoms in total. The first-order valence-electron chi connectivity index (χ1n) is 6.33. The van der Waals surface area contributed by atoms with Crippen LogP contribution in [0.2, 0.25) is 5.02 Å². The van der Waals surface area contributed by atoms with Gasteiger partial charge in [0, 0.05) is 10.6 Å². The molecule has 21 heavy (non-hydrogen) atoms. The number of carboxylic acids is 1. The van der Waals surface area contributed by atoms with E-state index in [2.05, 4.69) is 4.98 Å². The number of hydrogen-bond acceptors (Lipinski definition) is 5. The molecule has 0 aliphatic carbocycles. The topological polar surface area (TPSA) is 89.4 Å². The minimum Gasteiger partial charge on any atom is -0.480 e. The van der Waals surface area contributed by atoms with Gasteiger partial charge in [-0.1, -0.05) is 11.6 Å². The highest BCUT2D eigenvalue weighted by atomic mass is 35.5. The molecule has 1 aromatic carbocycles. The van der Waals surface area contributed by atoms with Gasteiger partial charge in [-0.2, -0.15) is 11.8 Å². The van der Waals surface area contributed by atoms with Crippen LogP contribution in [0.4, 0.5) is 0 Å². The van der Waals surface area contributed by atoms with Crippen LogP contribution in [0.25, 0.3) is 11.3 Å². The third-order valence-electron chi connectivity index (χ3n) is 2.80. The third kappa shape index (κ3) is 4.77. The summed E-state index contributed by atoms with van der Waals surface area (Å²) in [7, 11) is 0. The summed E-state index contributed by atoms with van der Waals surface area (Å²) < 4.78 is 5.64. The number of rotatable bonds is 7. The number of hydrogen-bond donors (Lipinski definition) is 2. The number of nitrogens with zero attached hydrogens (tertiary/aromatic N) is 1. The first kappa shape index (κ1) is 15.9. The summed E-state index contributed by atoms with van der Waals surface area (Å²) in [5.74, 6) is 1.54. The zero-order valence-corrected chi connectivity index (χ0v) is 12.7. The quantitative estimate of drug-likeness (QED) is 0.760. The van der Waals surface area contributed by atoms with Crippen molar-refractivity contribution in [3.8, 4) is 11.3 Å². The van der Waals surface area contributed by atoms with Crippen LogP contribution in [-0.2, 0) is 10.5 Å². The highest BCUT2D eigenvalue weighted by Crippen LogP contribution is 2.24. The average molecular weight is 327 g/mol. The molecule has 112 valence electrons. The fourth-order valence-electron chi connectivity index (χ4n) is 1.62. The van der Waals surface area contributed by atoms with Crippen molar-refractivity contribution in [2.24, 2.45) is 5.73 Å². The van der Waals surface area contributed by atoms with Crippen LogP contribution in [0.1, 0.15) is 12.3 Å². The van der Waals surface area contributed by atoms with E-state index >= 15 is 0 Å². The molecule has 0 fully saturated rings. The predicted octanol–water partition coefficient (Wildman–Crippen LogP) is 3.03. The minimum absolute atomic E-state index is 0.421. The van der Waals surface area contributed by atoms with Gasteiger partial charge in [-0.25, -0.2) is 4.98 Å². The molecule has 1 heterocycles. The Kier molecular flexibility index (Phi) is 5.67. The second kappa shape index (κ2) is 7.49. The van der Waals surface area contributed by atoms with Crippen LogP contribution in [0.3, 0.4) is 0 Å². The summed E-state index contributed by atoms with van der Waals surface area (Å²) in [4.78, 5) is 14.8. The molecule has 0 aliphatic rings. The molecular formula is C14H15ClN2O3S. The van der Waals surface area contributed by atoms with Gasteiger partial charge in [-0.15, -0.1) is 0 Å².